The van der Waals surface area contributed by atoms with Gasteiger partial charge in [-0.3, -0.25) is 25.0 Å². The number of nitrogens with zero attached hydrogens (tertiary/aromatic N) is 5. The van der Waals surface area contributed by atoms with E-state index in [4.69, 9.17) is 14.2 Å². The Morgan fingerprint density at radius 3 is 1.96 bits per heavy atom. The lowest BCUT2D eigenvalue weighted by atomic mass is 10.2. The molecule has 0 fully saturated rings. The van der Waals surface area contributed by atoms with Gasteiger partial charge in [-0.15, -0.1) is 10.2 Å². The summed E-state index contributed by atoms with van der Waals surface area (Å²) < 4.78 is 17.6. The maximum atomic E-state index is 12.2. The van der Waals surface area contributed by atoms with Crippen LogP contribution in [0.25, 0.3) is 0 Å². The number of methoxy groups -OCH3 is 1. The Bertz CT molecular complexity index is 1680. The van der Waals surface area contributed by atoms with Gasteiger partial charge in [0.25, 0.3) is 5.69 Å². The molecule has 14 nitrogen and oxygen atoms in total. The first kappa shape index (κ1) is 33.3. The number of azo groups is 1. The molecule has 1 N–H and O–H groups in total. The van der Waals surface area contributed by atoms with Crippen molar-refractivity contribution in [3.8, 4) is 17.2 Å². The molecule has 15 heteroatoms. The molecule has 0 unspecified atom stereocenters. The Balaban J connectivity index is 1.70. The number of hydrogen-bond donors (Lipinski definition) is 1. The fourth-order valence-corrected chi connectivity index (χ4v) is 4.81. The van der Waals surface area contributed by atoms with E-state index < -0.39 is 27.1 Å². The number of para-hydroxylation sites is 2. The smallest absolute Gasteiger partial charge is 0.304 e. The van der Waals surface area contributed by atoms with Crippen LogP contribution in [0.4, 0.5) is 34.1 Å². The van der Waals surface area contributed by atoms with Crippen LogP contribution >= 0.6 is 15.9 Å². The minimum atomic E-state index is -0.794. The highest BCUT2D eigenvalue weighted by Crippen LogP contribution is 2.43. The first-order valence-electron chi connectivity index (χ1n) is 13.8. The summed E-state index contributed by atoms with van der Waals surface area (Å²) in [6.07, 6.45) is 0. The maximum absolute atomic E-state index is 12.2. The number of carbonyl (C=O) groups is 1. The van der Waals surface area contributed by atoms with Crippen molar-refractivity contribution >= 4 is 56.0 Å². The van der Waals surface area contributed by atoms with Gasteiger partial charge >= 0.3 is 5.69 Å². The summed E-state index contributed by atoms with van der Waals surface area (Å²) in [5, 5.41) is 33.9. The highest BCUT2D eigenvalue weighted by molar-refractivity contribution is 9.10. The van der Waals surface area contributed by atoms with Gasteiger partial charge in [0.2, 0.25) is 5.91 Å². The molecule has 0 saturated carbocycles. The van der Waals surface area contributed by atoms with Gasteiger partial charge in [0.1, 0.15) is 36.1 Å². The molecule has 4 aromatic carbocycles. The van der Waals surface area contributed by atoms with Crippen LogP contribution in [0.2, 0.25) is 0 Å². The van der Waals surface area contributed by atoms with E-state index in [1.165, 1.54) is 20.1 Å². The molecular weight excluding hydrogens is 664 g/mol. The van der Waals surface area contributed by atoms with E-state index >= 15 is 0 Å². The summed E-state index contributed by atoms with van der Waals surface area (Å²) in [5.74, 6) is 1.37. The first-order chi connectivity index (χ1) is 22.2. The van der Waals surface area contributed by atoms with Crippen molar-refractivity contribution in [2.75, 3.05) is 43.6 Å². The number of carbonyl (C=O) groups excluding carboxylic acids is 1. The standard InChI is InChI=1S/C31H29BrN6O8/c1-21(39)33-26-19-28(36(13-15-45-23-9-5-3-6-10-23)14-16-46-24-11-7-4-8-12-24)30(44-2)20-27(26)34-35-31-25(32)17-22(37(40)41)18-29(31)38(42)43/h3-12,17-20H,13-16H2,1-2H3,(H,33,39). The predicted octanol–water partition coefficient (Wildman–Crippen LogP) is 7.61. The molecule has 4 rings (SSSR count). The van der Waals surface area contributed by atoms with Crippen molar-refractivity contribution in [1.82, 2.24) is 0 Å². The van der Waals surface area contributed by atoms with Crippen LogP contribution in [0.15, 0.2) is 99.6 Å². The number of amides is 1. The fraction of sp³-hybridized carbons (Fsp3) is 0.194. The van der Waals surface area contributed by atoms with Crippen LogP contribution < -0.4 is 24.4 Å². The summed E-state index contributed by atoms with van der Waals surface area (Å²) in [6.45, 7) is 2.76. The monoisotopic (exact) mass is 692 g/mol. The van der Waals surface area contributed by atoms with Crippen molar-refractivity contribution in [3.05, 3.63) is 110 Å². The van der Waals surface area contributed by atoms with Gasteiger partial charge in [-0.25, -0.2) is 0 Å². The highest BCUT2D eigenvalue weighted by Gasteiger charge is 2.24. The van der Waals surface area contributed by atoms with Gasteiger partial charge in [0.05, 0.1) is 52.0 Å². The maximum Gasteiger partial charge on any atom is 0.304 e. The molecule has 46 heavy (non-hydrogen) atoms. The Morgan fingerprint density at radius 2 is 1.46 bits per heavy atom. The largest absolute Gasteiger partial charge is 0.494 e. The topological polar surface area (TPSA) is 171 Å². The SMILES string of the molecule is COc1cc(N=Nc2c(Br)cc([N+](=O)[O-])cc2[N+](=O)[O-])c(NC(C)=O)cc1N(CCOc1ccccc1)CCOc1ccccc1. The minimum Gasteiger partial charge on any atom is -0.494 e. The van der Waals surface area contributed by atoms with Crippen LogP contribution in [0.5, 0.6) is 17.2 Å². The van der Waals surface area contributed by atoms with Crippen LogP contribution in [0, 0.1) is 20.2 Å². The number of nitrogens with one attached hydrogen (secondary N) is 1. The van der Waals surface area contributed by atoms with Crippen molar-refractivity contribution in [2.24, 2.45) is 10.2 Å². The van der Waals surface area contributed by atoms with Gasteiger partial charge < -0.3 is 24.4 Å². The van der Waals surface area contributed by atoms with Crippen molar-refractivity contribution in [1.29, 1.82) is 0 Å². The molecule has 238 valence electrons. The lowest BCUT2D eigenvalue weighted by Gasteiger charge is -2.27. The zero-order chi connectivity index (χ0) is 33.1. The Kier molecular flexibility index (Phi) is 11.6. The number of ether oxygens (including phenoxy) is 3. The summed E-state index contributed by atoms with van der Waals surface area (Å²) in [7, 11) is 1.47. The average Bonchev–Trinajstić information content (AvgIpc) is 3.04. The molecule has 0 atom stereocenters. The first-order valence-corrected chi connectivity index (χ1v) is 14.6. The molecule has 0 heterocycles. The highest BCUT2D eigenvalue weighted by atomic mass is 79.9. The molecule has 0 saturated heterocycles. The third kappa shape index (κ3) is 8.98. The van der Waals surface area contributed by atoms with Gasteiger partial charge in [-0.2, -0.15) is 0 Å². The Hall–Kier alpha value is -5.57. The molecule has 0 aliphatic heterocycles. The summed E-state index contributed by atoms with van der Waals surface area (Å²) >= 11 is 3.12. The molecule has 0 radical (unpaired) electrons. The molecule has 0 aliphatic rings. The second kappa shape index (κ2) is 15.9. The van der Waals surface area contributed by atoms with Crippen LogP contribution in [0.1, 0.15) is 6.92 Å². The van der Waals surface area contributed by atoms with E-state index in [-0.39, 0.29) is 21.5 Å². The zero-order valence-electron chi connectivity index (χ0n) is 24.8. The van der Waals surface area contributed by atoms with Crippen LogP contribution in [-0.4, -0.2) is 49.2 Å². The molecule has 0 bridgehead atoms. The molecular formula is C31H29BrN6O8. The predicted molar refractivity (Wildman–Crippen MR) is 175 cm³/mol. The van der Waals surface area contributed by atoms with E-state index in [0.717, 1.165) is 12.1 Å². The van der Waals surface area contributed by atoms with Crippen LogP contribution in [0.3, 0.4) is 0 Å². The van der Waals surface area contributed by atoms with Gasteiger partial charge in [-0.1, -0.05) is 36.4 Å². The average molecular weight is 694 g/mol. The van der Waals surface area contributed by atoms with E-state index in [1.54, 1.807) is 6.07 Å². The van der Waals surface area contributed by atoms with Crippen molar-refractivity contribution in [3.63, 3.8) is 0 Å². The van der Waals surface area contributed by atoms with Gasteiger partial charge in [0, 0.05) is 19.1 Å². The lowest BCUT2D eigenvalue weighted by molar-refractivity contribution is -0.393. The second-order valence-corrected chi connectivity index (χ2v) is 10.4. The van der Waals surface area contributed by atoms with Crippen molar-refractivity contribution in [2.45, 2.75) is 6.92 Å². The third-order valence-electron chi connectivity index (χ3n) is 6.39. The molecule has 0 spiro atoms. The molecule has 0 aliphatic carbocycles. The number of halogens is 1. The molecule has 1 amide bonds. The lowest BCUT2D eigenvalue weighted by Crippen LogP contribution is -2.33. The van der Waals surface area contributed by atoms with Crippen LogP contribution in [-0.2, 0) is 4.79 Å². The van der Waals surface area contributed by atoms with E-state index in [1.807, 2.05) is 65.6 Å². The van der Waals surface area contributed by atoms with E-state index in [9.17, 15) is 25.0 Å². The number of rotatable bonds is 15. The number of anilines is 2. The summed E-state index contributed by atoms with van der Waals surface area (Å²) in [6, 6.07) is 23.8. The molecule has 0 aromatic heterocycles. The van der Waals surface area contributed by atoms with E-state index in [0.29, 0.717) is 49.2 Å². The summed E-state index contributed by atoms with van der Waals surface area (Å²) in [4.78, 5) is 35.6. The molecule has 4 aromatic rings. The van der Waals surface area contributed by atoms with E-state index in [2.05, 4.69) is 31.5 Å². The number of nitro groups is 2. The number of non-ortho nitro benzene ring substituents is 1. The third-order valence-corrected chi connectivity index (χ3v) is 6.99. The normalized spacial score (nSPS) is 10.8. The second-order valence-electron chi connectivity index (χ2n) is 9.54. The number of benzene rings is 4. The minimum absolute atomic E-state index is 0.00943. The zero-order valence-corrected chi connectivity index (χ0v) is 26.4. The Labute approximate surface area is 272 Å². The quantitative estimate of drug-likeness (QED) is 0.0747. The van der Waals surface area contributed by atoms with Gasteiger partial charge in [-0.05, 0) is 46.3 Å². The number of hydrogen-bond acceptors (Lipinski definition) is 11. The number of nitro benzene ring substituents is 2. The van der Waals surface area contributed by atoms with Crippen molar-refractivity contribution < 1.29 is 28.9 Å². The Morgan fingerprint density at radius 1 is 0.870 bits per heavy atom. The fourth-order valence-electron chi connectivity index (χ4n) is 4.29. The summed E-state index contributed by atoms with van der Waals surface area (Å²) in [5.41, 5.74) is -0.416. The van der Waals surface area contributed by atoms with Gasteiger partial charge in [0.15, 0.2) is 5.69 Å².